The fraction of sp³-hybridized carbons (Fsp3) is 0.211. The topological polar surface area (TPSA) is 40.5 Å². The van der Waals surface area contributed by atoms with Crippen LogP contribution in [0.1, 0.15) is 12.5 Å². The van der Waals surface area contributed by atoms with E-state index < -0.39 is 5.60 Å². The molecule has 1 atom stereocenters. The first kappa shape index (κ1) is 18.7. The molecule has 0 radical (unpaired) electrons. The van der Waals surface area contributed by atoms with Crippen molar-refractivity contribution in [1.29, 1.82) is 0 Å². The fourth-order valence-corrected chi connectivity index (χ4v) is 6.10. The van der Waals surface area contributed by atoms with Crippen molar-refractivity contribution < 1.29 is 9.90 Å². The first-order valence-electron chi connectivity index (χ1n) is 7.69. The summed E-state index contributed by atoms with van der Waals surface area (Å²) in [5.41, 5.74) is 0.241. The Morgan fingerprint density at radius 1 is 1.28 bits per heavy atom. The molecular weight excluding hydrogens is 469 g/mol. The maximum atomic E-state index is 12.9. The Morgan fingerprint density at radius 2 is 1.96 bits per heavy atom. The van der Waals surface area contributed by atoms with E-state index in [2.05, 4.69) is 28.1 Å². The first-order valence-corrected chi connectivity index (χ1v) is 10.9. The summed E-state index contributed by atoms with van der Waals surface area (Å²) in [5.74, 6) is -0.343. The SMILES string of the molecule is C/C(=C(/CBr)[Se]c1ccccc1)C1(O)C(=O)N(C)c2ccc(Cl)cc21. The number of nitrogens with zero attached hydrogens (tertiary/aromatic N) is 1. The number of rotatable bonds is 4. The van der Waals surface area contributed by atoms with Crippen LogP contribution in [-0.2, 0) is 10.4 Å². The minimum atomic E-state index is -1.67. The molecule has 0 saturated carbocycles. The van der Waals surface area contributed by atoms with Crippen molar-refractivity contribution in [3.05, 3.63) is 69.2 Å². The first-order chi connectivity index (χ1) is 11.9. The van der Waals surface area contributed by atoms with E-state index in [1.807, 2.05) is 25.1 Å². The van der Waals surface area contributed by atoms with Gasteiger partial charge in [0.25, 0.3) is 0 Å². The molecule has 1 amide bonds. The zero-order valence-electron chi connectivity index (χ0n) is 13.8. The van der Waals surface area contributed by atoms with Crippen LogP contribution >= 0.6 is 27.5 Å². The van der Waals surface area contributed by atoms with Gasteiger partial charge in [-0.2, -0.15) is 0 Å². The summed E-state index contributed by atoms with van der Waals surface area (Å²) in [6, 6.07) is 15.3. The molecule has 0 spiro atoms. The van der Waals surface area contributed by atoms with Crippen LogP contribution in [0.15, 0.2) is 58.6 Å². The van der Waals surface area contributed by atoms with Gasteiger partial charge in [-0.15, -0.1) is 0 Å². The number of allylic oxidation sites excluding steroid dienone is 1. The van der Waals surface area contributed by atoms with Crippen molar-refractivity contribution in [2.45, 2.75) is 12.5 Å². The molecule has 0 saturated heterocycles. The number of halogens is 2. The van der Waals surface area contributed by atoms with E-state index in [4.69, 9.17) is 11.6 Å². The standard InChI is InChI=1S/C19H17BrClNO2Se/c1-12(17(11-20)25-14-6-4-3-5-7-14)19(24)15-10-13(21)8-9-16(15)22(2)18(19)23/h3-10,24H,11H2,1-2H3/b17-12+. The van der Waals surface area contributed by atoms with Crippen LogP contribution in [0.3, 0.4) is 0 Å². The van der Waals surface area contributed by atoms with Crippen molar-refractivity contribution in [3.63, 3.8) is 0 Å². The van der Waals surface area contributed by atoms with Crippen molar-refractivity contribution in [1.82, 2.24) is 0 Å². The molecule has 0 bridgehead atoms. The number of hydrogen-bond acceptors (Lipinski definition) is 2. The molecule has 1 unspecified atom stereocenters. The number of aliphatic hydroxyl groups is 1. The third-order valence-corrected chi connectivity index (χ3v) is 8.55. The number of carbonyl (C=O) groups is 1. The second-order valence-electron chi connectivity index (χ2n) is 5.83. The Labute approximate surface area is 167 Å². The summed E-state index contributed by atoms with van der Waals surface area (Å²) < 4.78 is 2.23. The van der Waals surface area contributed by atoms with Crippen molar-refractivity contribution in [2.24, 2.45) is 0 Å². The Balaban J connectivity index is 2.12. The van der Waals surface area contributed by atoms with Gasteiger partial charge < -0.3 is 0 Å². The molecule has 0 fully saturated rings. The molecule has 0 aliphatic carbocycles. The Hall–Kier alpha value is -1.10. The summed E-state index contributed by atoms with van der Waals surface area (Å²) >= 11 is 9.67. The molecule has 1 heterocycles. The number of benzene rings is 2. The molecule has 25 heavy (non-hydrogen) atoms. The molecule has 1 N–H and O–H groups in total. The molecule has 2 aromatic rings. The van der Waals surface area contributed by atoms with Gasteiger partial charge in [-0.05, 0) is 0 Å². The predicted octanol–water partition coefficient (Wildman–Crippen LogP) is 3.20. The van der Waals surface area contributed by atoms with Crippen molar-refractivity contribution in [3.8, 4) is 0 Å². The molecule has 1 aliphatic heterocycles. The van der Waals surface area contributed by atoms with Gasteiger partial charge in [-0.1, -0.05) is 0 Å². The third-order valence-electron chi connectivity index (χ3n) is 4.39. The van der Waals surface area contributed by atoms with E-state index in [0.29, 0.717) is 27.2 Å². The van der Waals surface area contributed by atoms with E-state index in [1.165, 1.54) is 9.36 Å². The molecule has 130 valence electrons. The average Bonchev–Trinajstić information content (AvgIpc) is 2.82. The molecule has 3 rings (SSSR count). The van der Waals surface area contributed by atoms with Crippen LogP contribution in [0.2, 0.25) is 5.02 Å². The number of carbonyl (C=O) groups excluding carboxylic acids is 1. The number of anilines is 1. The predicted molar refractivity (Wildman–Crippen MR) is 107 cm³/mol. The van der Waals surface area contributed by atoms with Crippen molar-refractivity contribution >= 4 is 58.5 Å². The third kappa shape index (κ3) is 3.20. The van der Waals surface area contributed by atoms with E-state index in [9.17, 15) is 9.90 Å². The van der Waals surface area contributed by atoms with Gasteiger partial charge in [0.15, 0.2) is 0 Å². The number of likely N-dealkylation sites (N-methyl/N-ethyl adjacent to an activating group) is 1. The zero-order valence-corrected chi connectivity index (χ0v) is 17.8. The second-order valence-corrected chi connectivity index (χ2v) is 9.28. The Morgan fingerprint density at radius 3 is 2.60 bits per heavy atom. The van der Waals surface area contributed by atoms with Gasteiger partial charge in [-0.25, -0.2) is 0 Å². The number of amides is 1. The van der Waals surface area contributed by atoms with Crippen LogP contribution in [0, 0.1) is 0 Å². The average molecular weight is 486 g/mol. The van der Waals surface area contributed by atoms with Gasteiger partial charge in [0.1, 0.15) is 0 Å². The van der Waals surface area contributed by atoms with Crippen LogP contribution in [-0.4, -0.2) is 38.3 Å². The molecule has 0 aromatic heterocycles. The monoisotopic (exact) mass is 485 g/mol. The van der Waals surface area contributed by atoms with Gasteiger partial charge in [0.2, 0.25) is 0 Å². The van der Waals surface area contributed by atoms with Crippen LogP contribution in [0.4, 0.5) is 5.69 Å². The van der Waals surface area contributed by atoms with E-state index in [1.54, 1.807) is 25.2 Å². The molecule has 6 heteroatoms. The summed E-state index contributed by atoms with van der Waals surface area (Å²) in [6.45, 7) is 1.84. The Kier molecular flexibility index (Phi) is 5.42. The van der Waals surface area contributed by atoms with Gasteiger partial charge in [0, 0.05) is 0 Å². The van der Waals surface area contributed by atoms with Gasteiger partial charge in [0.05, 0.1) is 0 Å². The van der Waals surface area contributed by atoms with Crippen LogP contribution in [0.25, 0.3) is 0 Å². The maximum absolute atomic E-state index is 12.9. The number of alkyl halides is 1. The zero-order chi connectivity index (χ0) is 18.2. The molecule has 2 aromatic carbocycles. The summed E-state index contributed by atoms with van der Waals surface area (Å²) in [5, 5.41) is 12.5. The molecule has 1 aliphatic rings. The van der Waals surface area contributed by atoms with Crippen molar-refractivity contribution in [2.75, 3.05) is 17.3 Å². The van der Waals surface area contributed by atoms with Crippen LogP contribution in [0.5, 0.6) is 0 Å². The quantitative estimate of drug-likeness (QED) is 0.534. The Bertz CT molecular complexity index is 856. The minimum absolute atomic E-state index is 0.00472. The van der Waals surface area contributed by atoms with E-state index >= 15 is 0 Å². The van der Waals surface area contributed by atoms with Gasteiger partial charge in [-0.3, -0.25) is 0 Å². The number of fused-ring (bicyclic) bond motifs is 1. The molecular formula is C19H17BrClNO2Se. The summed E-state index contributed by atoms with van der Waals surface area (Å²) in [6.07, 6.45) is 0. The van der Waals surface area contributed by atoms with E-state index in [0.717, 1.165) is 4.47 Å². The van der Waals surface area contributed by atoms with Gasteiger partial charge >= 0.3 is 167 Å². The second kappa shape index (κ2) is 7.26. The summed E-state index contributed by atoms with van der Waals surface area (Å²) in [4.78, 5) is 14.4. The summed E-state index contributed by atoms with van der Waals surface area (Å²) in [7, 11) is 1.68. The fourth-order valence-electron chi connectivity index (χ4n) is 2.96. The van der Waals surface area contributed by atoms with Crippen LogP contribution < -0.4 is 9.36 Å². The van der Waals surface area contributed by atoms with E-state index in [-0.39, 0.29) is 20.9 Å². The number of hydrogen-bond donors (Lipinski definition) is 1. The normalized spacial score (nSPS) is 20.5. The molecule has 3 nitrogen and oxygen atoms in total.